The Balaban J connectivity index is 0. The number of hydrogen-bond donors (Lipinski definition) is 2. The summed E-state index contributed by atoms with van der Waals surface area (Å²) in [6.07, 6.45) is 4.53. The van der Waals surface area contributed by atoms with Crippen LogP contribution >= 0.6 is 0 Å². The molecule has 0 aliphatic carbocycles. The van der Waals surface area contributed by atoms with Crippen molar-refractivity contribution < 1.29 is 9.90 Å². The first-order chi connectivity index (χ1) is 6.95. The van der Waals surface area contributed by atoms with Gasteiger partial charge in [0.1, 0.15) is 0 Å². The molecule has 0 aromatic rings. The minimum absolute atomic E-state index is 0.236. The molecule has 92 valence electrons. The van der Waals surface area contributed by atoms with E-state index in [9.17, 15) is 4.79 Å². The minimum Gasteiger partial charge on any atom is -0.481 e. The summed E-state index contributed by atoms with van der Waals surface area (Å²) in [7, 11) is 3.96. The van der Waals surface area contributed by atoms with Crippen LogP contribution in [0.3, 0.4) is 0 Å². The van der Waals surface area contributed by atoms with Gasteiger partial charge < -0.3 is 10.8 Å². The van der Waals surface area contributed by atoms with Crippen LogP contribution in [0, 0.1) is 0 Å². The smallest absolute Gasteiger partial charge is 0.303 e. The van der Waals surface area contributed by atoms with Crippen molar-refractivity contribution in [2.45, 2.75) is 52.1 Å². The molecule has 0 aromatic heterocycles. The molecule has 0 bridgehead atoms. The lowest BCUT2D eigenvalue weighted by molar-refractivity contribution is -0.137. The molecule has 3 N–H and O–H groups in total. The van der Waals surface area contributed by atoms with Gasteiger partial charge in [0, 0.05) is 6.42 Å². The summed E-state index contributed by atoms with van der Waals surface area (Å²) in [4.78, 5) is 11.9. The van der Waals surface area contributed by atoms with Crippen molar-refractivity contribution in [1.29, 1.82) is 0 Å². The zero-order valence-corrected chi connectivity index (χ0v) is 10.5. The van der Waals surface area contributed by atoms with Crippen molar-refractivity contribution in [3.8, 4) is 0 Å². The Labute approximate surface area is 93.4 Å². The van der Waals surface area contributed by atoms with Crippen LogP contribution in [0.15, 0.2) is 0 Å². The molecule has 0 aromatic carbocycles. The number of unbranched alkanes of at least 4 members (excludes halogenated alkanes) is 2. The first kappa shape index (κ1) is 16.8. The average Bonchev–Trinajstić information content (AvgIpc) is 2.17. The highest BCUT2D eigenvalue weighted by Gasteiger charge is 1.97. The van der Waals surface area contributed by atoms with Crippen LogP contribution in [0.4, 0.5) is 0 Å². The fraction of sp³-hybridized carbons (Fsp3) is 0.909. The second kappa shape index (κ2) is 11.5. The van der Waals surface area contributed by atoms with Gasteiger partial charge in [-0.15, -0.1) is 0 Å². The van der Waals surface area contributed by atoms with Gasteiger partial charge in [0.05, 0.1) is 6.17 Å². The third-order valence-corrected chi connectivity index (χ3v) is 2.08. The third-order valence-electron chi connectivity index (χ3n) is 2.08. The zero-order chi connectivity index (χ0) is 12.3. The van der Waals surface area contributed by atoms with E-state index in [1.807, 2.05) is 19.0 Å². The van der Waals surface area contributed by atoms with Crippen LogP contribution in [-0.4, -0.2) is 36.2 Å². The van der Waals surface area contributed by atoms with Crippen molar-refractivity contribution in [2.75, 3.05) is 14.1 Å². The van der Waals surface area contributed by atoms with Gasteiger partial charge in [-0.3, -0.25) is 9.69 Å². The molecule has 0 radical (unpaired) electrons. The van der Waals surface area contributed by atoms with Crippen molar-refractivity contribution in [1.82, 2.24) is 4.90 Å². The average molecular weight is 218 g/mol. The zero-order valence-electron chi connectivity index (χ0n) is 10.5. The van der Waals surface area contributed by atoms with E-state index in [0.29, 0.717) is 6.42 Å². The number of nitrogens with two attached hydrogens (primary N) is 1. The first-order valence-electron chi connectivity index (χ1n) is 5.59. The van der Waals surface area contributed by atoms with E-state index in [4.69, 9.17) is 10.8 Å². The number of aliphatic carboxylic acids is 1. The first-order valence-corrected chi connectivity index (χ1v) is 5.59. The second-order valence-electron chi connectivity index (χ2n) is 3.79. The van der Waals surface area contributed by atoms with Crippen LogP contribution in [0.25, 0.3) is 0 Å². The number of nitrogens with zero attached hydrogens (tertiary/aromatic N) is 1. The molecule has 4 heteroatoms. The van der Waals surface area contributed by atoms with E-state index in [1.165, 1.54) is 0 Å². The summed E-state index contributed by atoms with van der Waals surface area (Å²) in [6.45, 7) is 4.13. The summed E-state index contributed by atoms with van der Waals surface area (Å²) < 4.78 is 0. The Hall–Kier alpha value is -0.610. The highest BCUT2D eigenvalue weighted by Crippen LogP contribution is 1.97. The highest BCUT2D eigenvalue weighted by atomic mass is 16.4. The van der Waals surface area contributed by atoms with Gasteiger partial charge in [0.25, 0.3) is 0 Å². The molecule has 1 atom stereocenters. The SMILES string of the molecule is CCC(N)N(C)C.CCCCCC(=O)O. The van der Waals surface area contributed by atoms with Gasteiger partial charge >= 0.3 is 5.97 Å². The van der Waals surface area contributed by atoms with Crippen molar-refractivity contribution >= 4 is 5.97 Å². The molecule has 0 fully saturated rings. The molecule has 0 saturated carbocycles. The second-order valence-corrected chi connectivity index (χ2v) is 3.79. The molecule has 0 rings (SSSR count). The quantitative estimate of drug-likeness (QED) is 0.528. The maximum absolute atomic E-state index is 9.87. The van der Waals surface area contributed by atoms with Crippen LogP contribution in [-0.2, 0) is 4.79 Å². The van der Waals surface area contributed by atoms with Crippen LogP contribution in [0.5, 0.6) is 0 Å². The Bertz CT molecular complexity index is 150. The largest absolute Gasteiger partial charge is 0.481 e. The van der Waals surface area contributed by atoms with Gasteiger partial charge in [-0.25, -0.2) is 0 Å². The molecule has 4 nitrogen and oxygen atoms in total. The van der Waals surface area contributed by atoms with Crippen molar-refractivity contribution in [3.05, 3.63) is 0 Å². The summed E-state index contributed by atoms with van der Waals surface area (Å²) in [5, 5.41) is 8.14. The lowest BCUT2D eigenvalue weighted by Crippen LogP contribution is -2.35. The van der Waals surface area contributed by atoms with E-state index < -0.39 is 5.97 Å². The number of carboxylic acids is 1. The lowest BCUT2D eigenvalue weighted by Gasteiger charge is -2.16. The lowest BCUT2D eigenvalue weighted by atomic mass is 10.2. The van der Waals surface area contributed by atoms with E-state index in [-0.39, 0.29) is 6.17 Å². The normalized spacial score (nSPS) is 11.9. The standard InChI is InChI=1S/C6H12O2.C5H14N2/c1-2-3-4-5-6(7)8;1-4-5(6)7(2)3/h2-5H2,1H3,(H,7,8);5H,4,6H2,1-3H3. The Kier molecular flexibility index (Phi) is 12.8. The number of carboxylic acid groups (broad SMARTS) is 1. The highest BCUT2D eigenvalue weighted by molar-refractivity contribution is 5.66. The number of carbonyl (C=O) groups is 1. The molecule has 0 aliphatic rings. The Morgan fingerprint density at radius 3 is 2.07 bits per heavy atom. The molecule has 0 saturated heterocycles. The van der Waals surface area contributed by atoms with Gasteiger partial charge in [0.2, 0.25) is 0 Å². The molecule has 0 aliphatic heterocycles. The fourth-order valence-corrected chi connectivity index (χ4v) is 0.891. The van der Waals surface area contributed by atoms with Crippen molar-refractivity contribution in [2.24, 2.45) is 5.73 Å². The van der Waals surface area contributed by atoms with Gasteiger partial charge in [-0.2, -0.15) is 0 Å². The molecule has 0 heterocycles. The maximum Gasteiger partial charge on any atom is 0.303 e. The van der Waals surface area contributed by atoms with Crippen molar-refractivity contribution in [3.63, 3.8) is 0 Å². The molecular formula is C11H26N2O2. The maximum atomic E-state index is 9.87. The summed E-state index contributed by atoms with van der Waals surface area (Å²) in [5.74, 6) is -0.682. The predicted molar refractivity (Wildman–Crippen MR) is 63.7 cm³/mol. The van der Waals surface area contributed by atoms with Crippen LogP contribution in [0.1, 0.15) is 46.0 Å². The van der Waals surface area contributed by atoms with Gasteiger partial charge in [-0.1, -0.05) is 26.7 Å². The van der Waals surface area contributed by atoms with E-state index in [0.717, 1.165) is 25.7 Å². The van der Waals surface area contributed by atoms with Crippen LogP contribution in [0.2, 0.25) is 0 Å². The Morgan fingerprint density at radius 2 is 1.87 bits per heavy atom. The van der Waals surface area contributed by atoms with E-state index in [2.05, 4.69) is 13.8 Å². The predicted octanol–water partition coefficient (Wildman–Crippen LogP) is 1.89. The number of hydrogen-bond acceptors (Lipinski definition) is 3. The topological polar surface area (TPSA) is 66.6 Å². The number of rotatable bonds is 6. The molecule has 1 unspecified atom stereocenters. The minimum atomic E-state index is -0.682. The van der Waals surface area contributed by atoms with E-state index in [1.54, 1.807) is 0 Å². The third kappa shape index (κ3) is 16.1. The Morgan fingerprint density at radius 1 is 1.33 bits per heavy atom. The molecule has 15 heavy (non-hydrogen) atoms. The summed E-state index contributed by atoms with van der Waals surface area (Å²) in [5.41, 5.74) is 5.54. The summed E-state index contributed by atoms with van der Waals surface area (Å²) in [6, 6.07) is 0. The molecular weight excluding hydrogens is 192 g/mol. The molecule has 0 spiro atoms. The molecule has 0 amide bonds. The summed E-state index contributed by atoms with van der Waals surface area (Å²) >= 11 is 0. The monoisotopic (exact) mass is 218 g/mol. The fourth-order valence-electron chi connectivity index (χ4n) is 0.891. The van der Waals surface area contributed by atoms with Crippen LogP contribution < -0.4 is 5.73 Å². The van der Waals surface area contributed by atoms with Gasteiger partial charge in [-0.05, 0) is 26.9 Å². The van der Waals surface area contributed by atoms with Gasteiger partial charge in [0.15, 0.2) is 0 Å². The van der Waals surface area contributed by atoms with E-state index >= 15 is 0 Å².